The Bertz CT molecular complexity index is 788. The van der Waals surface area contributed by atoms with Crippen LogP contribution in [0.15, 0.2) is 42.7 Å². The summed E-state index contributed by atoms with van der Waals surface area (Å²) in [5.41, 5.74) is 1.28. The molecule has 2 aromatic rings. The van der Waals surface area contributed by atoms with Gasteiger partial charge < -0.3 is 10.2 Å². The van der Waals surface area contributed by atoms with Crippen molar-refractivity contribution in [3.05, 3.63) is 64.7 Å². The van der Waals surface area contributed by atoms with Gasteiger partial charge in [0.15, 0.2) is 0 Å². The fraction of sp³-hybridized carbons (Fsp3) is 0.333. The van der Waals surface area contributed by atoms with Crippen molar-refractivity contribution in [2.24, 2.45) is 11.8 Å². The minimum Gasteiger partial charge on any atom is -0.331 e. The number of nitrogens with one attached hydrogen (secondary N) is 1. The van der Waals surface area contributed by atoms with Gasteiger partial charge >= 0.3 is 0 Å². The number of fused-ring (bicyclic) bond motifs is 1. The van der Waals surface area contributed by atoms with Gasteiger partial charge in [0, 0.05) is 37.9 Å². The first-order valence-corrected chi connectivity index (χ1v) is 8.39. The van der Waals surface area contributed by atoms with Gasteiger partial charge in [0.1, 0.15) is 5.82 Å². The van der Waals surface area contributed by atoms with Crippen molar-refractivity contribution in [1.82, 2.24) is 15.2 Å². The molecule has 1 aromatic heterocycles. The van der Waals surface area contributed by atoms with E-state index in [1.165, 1.54) is 18.3 Å². The van der Waals surface area contributed by atoms with Crippen LogP contribution < -0.4 is 5.32 Å². The first-order chi connectivity index (χ1) is 11.6. The zero-order valence-corrected chi connectivity index (χ0v) is 14.9. The molecular formula is C18H18Cl2FN3O. The standard InChI is InChI=1S/C18H17ClFN3O.ClH/c19-16-9-21-5-4-14(16)18(24)23-10-12-7-22-8-15(12)17(23)11-2-1-3-13(20)6-11;/h1-6,9,12,15,17,22H,7-8,10H2;1H/t12-,15-,17-;/m0./s1. The Hall–Kier alpha value is -1.69. The van der Waals surface area contributed by atoms with E-state index >= 15 is 0 Å². The van der Waals surface area contributed by atoms with Gasteiger partial charge in [0.25, 0.3) is 5.91 Å². The monoisotopic (exact) mass is 381 g/mol. The van der Waals surface area contributed by atoms with E-state index in [1.54, 1.807) is 18.3 Å². The molecule has 2 aliphatic rings. The van der Waals surface area contributed by atoms with Gasteiger partial charge in [-0.25, -0.2) is 4.39 Å². The number of likely N-dealkylation sites (tertiary alicyclic amines) is 1. The smallest absolute Gasteiger partial charge is 0.256 e. The Kier molecular flexibility index (Phi) is 5.27. The zero-order chi connectivity index (χ0) is 16.7. The largest absolute Gasteiger partial charge is 0.331 e. The van der Waals surface area contributed by atoms with Crippen molar-refractivity contribution >= 4 is 29.9 Å². The normalized spacial score (nSPS) is 24.7. The van der Waals surface area contributed by atoms with Crippen LogP contribution in [0.2, 0.25) is 5.02 Å². The van der Waals surface area contributed by atoms with Crippen LogP contribution >= 0.6 is 24.0 Å². The molecule has 1 amide bonds. The minimum absolute atomic E-state index is 0. The topological polar surface area (TPSA) is 45.2 Å². The van der Waals surface area contributed by atoms with E-state index in [-0.39, 0.29) is 36.1 Å². The number of amides is 1. The number of carbonyl (C=O) groups is 1. The summed E-state index contributed by atoms with van der Waals surface area (Å²) in [6.07, 6.45) is 3.04. The fourth-order valence-corrected chi connectivity index (χ4v) is 4.15. The van der Waals surface area contributed by atoms with E-state index in [0.717, 1.165) is 18.7 Å². The SMILES string of the molecule is Cl.O=C(c1ccncc1Cl)N1C[C@@H]2CNC[C@@H]2[C@@H]1c1cccc(F)c1. The van der Waals surface area contributed by atoms with Gasteiger partial charge in [-0.3, -0.25) is 9.78 Å². The van der Waals surface area contributed by atoms with Gasteiger partial charge in [0.2, 0.25) is 0 Å². The predicted octanol–water partition coefficient (Wildman–Crippen LogP) is 3.33. The molecule has 0 aliphatic carbocycles. The molecule has 7 heteroatoms. The van der Waals surface area contributed by atoms with E-state index in [9.17, 15) is 9.18 Å². The van der Waals surface area contributed by atoms with Crippen LogP contribution in [0.5, 0.6) is 0 Å². The molecule has 2 aliphatic heterocycles. The molecule has 132 valence electrons. The highest BCUT2D eigenvalue weighted by Gasteiger charge is 2.47. The van der Waals surface area contributed by atoms with Crippen molar-refractivity contribution in [2.75, 3.05) is 19.6 Å². The Morgan fingerprint density at radius 2 is 2.16 bits per heavy atom. The average molecular weight is 382 g/mol. The van der Waals surface area contributed by atoms with Crippen molar-refractivity contribution in [1.29, 1.82) is 0 Å². The molecule has 25 heavy (non-hydrogen) atoms. The number of benzene rings is 1. The van der Waals surface area contributed by atoms with Crippen LogP contribution in [0, 0.1) is 17.7 Å². The van der Waals surface area contributed by atoms with E-state index < -0.39 is 0 Å². The maximum atomic E-state index is 13.7. The van der Waals surface area contributed by atoms with Gasteiger partial charge in [-0.15, -0.1) is 12.4 Å². The third kappa shape index (κ3) is 3.24. The third-order valence-corrected chi connectivity index (χ3v) is 5.32. The number of rotatable bonds is 2. The number of pyridine rings is 1. The second-order valence-electron chi connectivity index (χ2n) is 6.40. The Balaban J connectivity index is 0.00000182. The second kappa shape index (κ2) is 7.28. The van der Waals surface area contributed by atoms with Gasteiger partial charge in [-0.2, -0.15) is 0 Å². The Morgan fingerprint density at radius 3 is 2.92 bits per heavy atom. The van der Waals surface area contributed by atoms with Crippen LogP contribution in [0.25, 0.3) is 0 Å². The Morgan fingerprint density at radius 1 is 1.32 bits per heavy atom. The fourth-order valence-electron chi connectivity index (χ4n) is 3.95. The summed E-state index contributed by atoms with van der Waals surface area (Å²) in [4.78, 5) is 18.8. The molecule has 2 saturated heterocycles. The summed E-state index contributed by atoms with van der Waals surface area (Å²) in [5.74, 6) is 0.265. The second-order valence-corrected chi connectivity index (χ2v) is 6.80. The molecule has 2 fully saturated rings. The summed E-state index contributed by atoms with van der Waals surface area (Å²) in [6.45, 7) is 2.36. The molecular weight excluding hydrogens is 364 g/mol. The van der Waals surface area contributed by atoms with Gasteiger partial charge in [0.05, 0.1) is 16.6 Å². The lowest BCUT2D eigenvalue weighted by atomic mass is 9.89. The zero-order valence-electron chi connectivity index (χ0n) is 13.4. The molecule has 0 spiro atoms. The number of hydrogen-bond donors (Lipinski definition) is 1. The number of halogens is 3. The number of aromatic nitrogens is 1. The summed E-state index contributed by atoms with van der Waals surface area (Å²) in [5, 5.41) is 3.72. The maximum absolute atomic E-state index is 13.7. The first kappa shape index (κ1) is 18.1. The molecule has 0 saturated carbocycles. The van der Waals surface area contributed by atoms with E-state index in [0.29, 0.717) is 23.0 Å². The van der Waals surface area contributed by atoms with Crippen molar-refractivity contribution in [3.63, 3.8) is 0 Å². The highest BCUT2D eigenvalue weighted by Crippen LogP contribution is 2.43. The van der Waals surface area contributed by atoms with Crippen LogP contribution in [0.1, 0.15) is 22.0 Å². The predicted molar refractivity (Wildman–Crippen MR) is 96.5 cm³/mol. The summed E-state index contributed by atoms with van der Waals surface area (Å²) in [7, 11) is 0. The third-order valence-electron chi connectivity index (χ3n) is 5.02. The average Bonchev–Trinajstić information content (AvgIpc) is 3.15. The van der Waals surface area contributed by atoms with Crippen LogP contribution in [0.4, 0.5) is 4.39 Å². The summed E-state index contributed by atoms with van der Waals surface area (Å²) < 4.78 is 13.7. The minimum atomic E-state index is -0.281. The molecule has 0 unspecified atom stereocenters. The van der Waals surface area contributed by atoms with Crippen LogP contribution in [-0.2, 0) is 0 Å². The summed E-state index contributed by atoms with van der Waals surface area (Å²) in [6, 6.07) is 8.04. The van der Waals surface area contributed by atoms with E-state index in [1.807, 2.05) is 11.0 Å². The molecule has 1 N–H and O–H groups in total. The highest BCUT2D eigenvalue weighted by atomic mass is 35.5. The molecule has 4 nitrogen and oxygen atoms in total. The van der Waals surface area contributed by atoms with E-state index in [4.69, 9.17) is 11.6 Å². The summed E-state index contributed by atoms with van der Waals surface area (Å²) >= 11 is 6.15. The molecule has 4 rings (SSSR count). The number of hydrogen-bond acceptors (Lipinski definition) is 3. The molecule has 0 bridgehead atoms. The van der Waals surface area contributed by atoms with Crippen molar-refractivity contribution in [3.8, 4) is 0 Å². The molecule has 3 atom stereocenters. The van der Waals surface area contributed by atoms with Gasteiger partial charge in [-0.1, -0.05) is 23.7 Å². The van der Waals surface area contributed by atoms with Crippen molar-refractivity contribution in [2.45, 2.75) is 6.04 Å². The number of carbonyl (C=O) groups excluding carboxylic acids is 1. The lowest BCUT2D eigenvalue weighted by molar-refractivity contribution is 0.0714. The first-order valence-electron chi connectivity index (χ1n) is 8.02. The van der Waals surface area contributed by atoms with E-state index in [2.05, 4.69) is 10.3 Å². The molecule has 3 heterocycles. The lowest BCUT2D eigenvalue weighted by Gasteiger charge is -2.28. The van der Waals surface area contributed by atoms with Crippen molar-refractivity contribution < 1.29 is 9.18 Å². The van der Waals surface area contributed by atoms with Crippen LogP contribution in [-0.4, -0.2) is 35.4 Å². The quantitative estimate of drug-likeness (QED) is 0.867. The van der Waals surface area contributed by atoms with Crippen LogP contribution in [0.3, 0.4) is 0 Å². The van der Waals surface area contributed by atoms with Gasteiger partial charge in [-0.05, 0) is 29.7 Å². The highest BCUT2D eigenvalue weighted by molar-refractivity contribution is 6.33. The molecule has 1 aromatic carbocycles. The lowest BCUT2D eigenvalue weighted by Crippen LogP contribution is -2.35. The molecule has 0 radical (unpaired) electrons. The Labute approximate surface area is 156 Å². The number of nitrogens with zero attached hydrogens (tertiary/aromatic N) is 2. The maximum Gasteiger partial charge on any atom is 0.256 e.